The van der Waals surface area contributed by atoms with E-state index in [0.717, 1.165) is 32.5 Å². The largest absolute Gasteiger partial charge is 0.316 e. The summed E-state index contributed by atoms with van der Waals surface area (Å²) < 4.78 is 22.7. The van der Waals surface area contributed by atoms with E-state index in [9.17, 15) is 8.42 Å². The molecular weight excluding hydrogens is 236 g/mol. The molecule has 1 saturated heterocycles. The van der Waals surface area contributed by atoms with Crippen molar-refractivity contribution < 1.29 is 8.42 Å². The van der Waals surface area contributed by atoms with E-state index in [0.29, 0.717) is 17.4 Å². The monoisotopic (exact) mass is 262 g/mol. The molecule has 1 fully saturated rings. The third-order valence-corrected chi connectivity index (χ3v) is 5.00. The minimum atomic E-state index is -2.74. The van der Waals surface area contributed by atoms with E-state index in [2.05, 4.69) is 24.1 Å². The number of hydrogen-bond acceptors (Lipinski definition) is 4. The number of nitrogens with zero attached hydrogens (tertiary/aromatic N) is 1. The van der Waals surface area contributed by atoms with Gasteiger partial charge in [0.1, 0.15) is 0 Å². The molecule has 4 nitrogen and oxygen atoms in total. The van der Waals surface area contributed by atoms with Crippen LogP contribution in [0.15, 0.2) is 0 Å². The maximum Gasteiger partial charge on any atom is 0.151 e. The van der Waals surface area contributed by atoms with E-state index in [-0.39, 0.29) is 6.04 Å². The van der Waals surface area contributed by atoms with Gasteiger partial charge in [0.15, 0.2) is 9.84 Å². The first-order valence-electron chi connectivity index (χ1n) is 6.52. The second kappa shape index (κ2) is 6.71. The summed E-state index contributed by atoms with van der Waals surface area (Å²) in [5.74, 6) is 1.41. The third-order valence-electron chi connectivity index (χ3n) is 3.25. The zero-order chi connectivity index (χ0) is 12.9. The molecule has 1 rings (SSSR count). The van der Waals surface area contributed by atoms with Crippen molar-refractivity contribution in [3.8, 4) is 0 Å². The Labute approximate surface area is 106 Å². The fraction of sp³-hybridized carbons (Fsp3) is 1.00. The SMILES string of the molecule is CC(C)CNCCCN(C)C1CCS(=O)(=O)C1. The zero-order valence-corrected chi connectivity index (χ0v) is 12.1. The lowest BCUT2D eigenvalue weighted by Crippen LogP contribution is -2.35. The summed E-state index contributed by atoms with van der Waals surface area (Å²) in [5.41, 5.74) is 0. The molecule has 0 radical (unpaired) electrons. The minimum absolute atomic E-state index is 0.241. The Morgan fingerprint density at radius 1 is 1.41 bits per heavy atom. The second-order valence-electron chi connectivity index (χ2n) is 5.49. The lowest BCUT2D eigenvalue weighted by Gasteiger charge is -2.23. The molecule has 0 saturated carbocycles. The molecule has 1 N–H and O–H groups in total. The molecule has 1 heterocycles. The van der Waals surface area contributed by atoms with Gasteiger partial charge in [-0.05, 0) is 45.4 Å². The van der Waals surface area contributed by atoms with Crippen molar-refractivity contribution in [3.63, 3.8) is 0 Å². The Morgan fingerprint density at radius 2 is 2.12 bits per heavy atom. The fourth-order valence-electron chi connectivity index (χ4n) is 2.15. The predicted octanol–water partition coefficient (Wildman–Crippen LogP) is 0.741. The fourth-order valence-corrected chi connectivity index (χ4v) is 3.96. The molecule has 0 bridgehead atoms. The number of rotatable bonds is 7. The Morgan fingerprint density at radius 3 is 2.65 bits per heavy atom. The molecule has 0 aromatic heterocycles. The first-order chi connectivity index (χ1) is 7.91. The lowest BCUT2D eigenvalue weighted by molar-refractivity contribution is 0.257. The van der Waals surface area contributed by atoms with E-state index in [1.54, 1.807) is 0 Å². The van der Waals surface area contributed by atoms with Crippen molar-refractivity contribution >= 4 is 9.84 Å². The Kier molecular flexibility index (Phi) is 5.89. The van der Waals surface area contributed by atoms with Gasteiger partial charge in [0.2, 0.25) is 0 Å². The van der Waals surface area contributed by atoms with Crippen molar-refractivity contribution in [2.24, 2.45) is 5.92 Å². The first-order valence-corrected chi connectivity index (χ1v) is 8.34. The van der Waals surface area contributed by atoms with Crippen LogP contribution in [0.3, 0.4) is 0 Å². The van der Waals surface area contributed by atoms with Crippen LogP contribution in [0.5, 0.6) is 0 Å². The average molecular weight is 262 g/mol. The topological polar surface area (TPSA) is 49.4 Å². The molecule has 0 aromatic carbocycles. The van der Waals surface area contributed by atoms with Crippen molar-refractivity contribution in [1.82, 2.24) is 10.2 Å². The highest BCUT2D eigenvalue weighted by atomic mass is 32.2. The van der Waals surface area contributed by atoms with Gasteiger partial charge in [-0.3, -0.25) is 0 Å². The van der Waals surface area contributed by atoms with Crippen LogP contribution in [0.25, 0.3) is 0 Å². The highest BCUT2D eigenvalue weighted by Gasteiger charge is 2.30. The van der Waals surface area contributed by atoms with Crippen LogP contribution < -0.4 is 5.32 Å². The molecule has 102 valence electrons. The molecule has 5 heteroatoms. The summed E-state index contributed by atoms with van der Waals surface area (Å²) >= 11 is 0. The van der Waals surface area contributed by atoms with E-state index in [4.69, 9.17) is 0 Å². The molecule has 1 unspecified atom stereocenters. The van der Waals surface area contributed by atoms with E-state index in [1.807, 2.05) is 7.05 Å². The summed E-state index contributed by atoms with van der Waals surface area (Å²) in [6.07, 6.45) is 1.89. The molecule has 1 atom stereocenters. The highest BCUT2D eigenvalue weighted by Crippen LogP contribution is 2.16. The molecule has 1 aliphatic heterocycles. The van der Waals surface area contributed by atoms with Crippen LogP contribution in [0.1, 0.15) is 26.7 Å². The van der Waals surface area contributed by atoms with Crippen LogP contribution in [0.4, 0.5) is 0 Å². The Balaban J connectivity index is 2.11. The lowest BCUT2D eigenvalue weighted by atomic mass is 10.2. The summed E-state index contributed by atoms with van der Waals surface area (Å²) in [5, 5.41) is 3.40. The highest BCUT2D eigenvalue weighted by molar-refractivity contribution is 7.91. The van der Waals surface area contributed by atoms with Gasteiger partial charge in [0.25, 0.3) is 0 Å². The van der Waals surface area contributed by atoms with Gasteiger partial charge >= 0.3 is 0 Å². The number of sulfone groups is 1. The van der Waals surface area contributed by atoms with Gasteiger partial charge in [0.05, 0.1) is 11.5 Å². The van der Waals surface area contributed by atoms with E-state index >= 15 is 0 Å². The van der Waals surface area contributed by atoms with E-state index in [1.165, 1.54) is 0 Å². The normalized spacial score (nSPS) is 23.7. The molecule has 0 spiro atoms. The van der Waals surface area contributed by atoms with Gasteiger partial charge in [-0.15, -0.1) is 0 Å². The van der Waals surface area contributed by atoms with Gasteiger partial charge < -0.3 is 10.2 Å². The molecule has 0 amide bonds. The smallest absolute Gasteiger partial charge is 0.151 e. The minimum Gasteiger partial charge on any atom is -0.316 e. The molecule has 0 aromatic rings. The summed E-state index contributed by atoms with van der Waals surface area (Å²) in [6.45, 7) is 7.44. The Hall–Kier alpha value is -0.130. The van der Waals surface area contributed by atoms with Crippen molar-refractivity contribution in [2.45, 2.75) is 32.7 Å². The maximum absolute atomic E-state index is 11.4. The number of hydrogen-bond donors (Lipinski definition) is 1. The average Bonchev–Trinajstić information content (AvgIpc) is 2.57. The Bertz CT molecular complexity index is 314. The molecule has 17 heavy (non-hydrogen) atoms. The van der Waals surface area contributed by atoms with Gasteiger partial charge in [-0.1, -0.05) is 13.8 Å². The van der Waals surface area contributed by atoms with Crippen LogP contribution in [0.2, 0.25) is 0 Å². The van der Waals surface area contributed by atoms with Crippen LogP contribution in [-0.4, -0.2) is 57.5 Å². The third kappa shape index (κ3) is 5.84. The zero-order valence-electron chi connectivity index (χ0n) is 11.3. The molecule has 0 aliphatic carbocycles. The van der Waals surface area contributed by atoms with E-state index < -0.39 is 9.84 Å². The van der Waals surface area contributed by atoms with Crippen LogP contribution in [-0.2, 0) is 9.84 Å². The second-order valence-corrected chi connectivity index (χ2v) is 7.72. The molecular formula is C12H26N2O2S. The summed E-state index contributed by atoms with van der Waals surface area (Å²) in [4.78, 5) is 2.20. The number of nitrogens with one attached hydrogen (secondary N) is 1. The van der Waals surface area contributed by atoms with Crippen molar-refractivity contribution in [1.29, 1.82) is 0 Å². The van der Waals surface area contributed by atoms with Crippen molar-refractivity contribution in [2.75, 3.05) is 38.2 Å². The van der Waals surface area contributed by atoms with Gasteiger partial charge in [-0.2, -0.15) is 0 Å². The predicted molar refractivity (Wildman–Crippen MR) is 72.0 cm³/mol. The van der Waals surface area contributed by atoms with Crippen LogP contribution in [0, 0.1) is 5.92 Å². The standard InChI is InChI=1S/C12H26N2O2S/c1-11(2)9-13-6-4-7-14(3)12-5-8-17(15,16)10-12/h11-13H,4-10H2,1-3H3. The van der Waals surface area contributed by atoms with Crippen molar-refractivity contribution in [3.05, 3.63) is 0 Å². The van der Waals surface area contributed by atoms with Gasteiger partial charge in [0, 0.05) is 6.04 Å². The first kappa shape index (κ1) is 14.9. The maximum atomic E-state index is 11.4. The van der Waals surface area contributed by atoms with Crippen LogP contribution >= 0.6 is 0 Å². The summed E-state index contributed by atoms with van der Waals surface area (Å²) in [6, 6.07) is 0.241. The van der Waals surface area contributed by atoms with Gasteiger partial charge in [-0.25, -0.2) is 8.42 Å². The quantitative estimate of drug-likeness (QED) is 0.688. The molecule has 1 aliphatic rings. The summed E-state index contributed by atoms with van der Waals surface area (Å²) in [7, 11) is -0.709.